The number of piperidine rings is 1. The molecular weight excluding hydrogens is 370 g/mol. The molecule has 1 saturated heterocycles. The number of likely N-dealkylation sites (tertiary alicyclic amines) is 1. The van der Waals surface area contributed by atoms with Crippen LogP contribution in [0.4, 0.5) is 0 Å². The second kappa shape index (κ2) is 7.61. The Bertz CT molecular complexity index is 896. The first kappa shape index (κ1) is 18.3. The molecule has 3 aliphatic rings. The van der Waals surface area contributed by atoms with Crippen molar-refractivity contribution in [1.29, 1.82) is 0 Å². The van der Waals surface area contributed by atoms with Crippen molar-refractivity contribution < 1.29 is 9.59 Å². The van der Waals surface area contributed by atoms with E-state index in [4.69, 9.17) is 0 Å². The number of aromatic nitrogens is 5. The van der Waals surface area contributed by atoms with Crippen LogP contribution in [0.1, 0.15) is 84.0 Å². The first-order chi connectivity index (χ1) is 14.2. The number of hydrogen-bond acceptors (Lipinski definition) is 5. The number of amides is 2. The van der Waals surface area contributed by atoms with E-state index < -0.39 is 0 Å². The topological polar surface area (TPSA) is 109 Å². The fourth-order valence-corrected chi connectivity index (χ4v) is 4.04. The van der Waals surface area contributed by atoms with Gasteiger partial charge >= 0.3 is 0 Å². The molecule has 2 N–H and O–H groups in total. The summed E-state index contributed by atoms with van der Waals surface area (Å²) >= 11 is 0. The molecule has 1 aliphatic heterocycles. The minimum atomic E-state index is -0.154. The normalized spacial score (nSPS) is 21.9. The van der Waals surface area contributed by atoms with Crippen molar-refractivity contribution in [2.75, 3.05) is 6.54 Å². The second-order valence-corrected chi connectivity index (χ2v) is 8.53. The number of H-pyrrole nitrogens is 1. The van der Waals surface area contributed by atoms with E-state index in [1.807, 2.05) is 11.0 Å². The summed E-state index contributed by atoms with van der Waals surface area (Å²) in [6, 6.07) is 2.38. The number of nitrogens with one attached hydrogen (secondary N) is 2. The summed E-state index contributed by atoms with van der Waals surface area (Å²) in [5, 5.41) is 18.3. The lowest BCUT2D eigenvalue weighted by Gasteiger charge is -2.35. The zero-order valence-corrected chi connectivity index (χ0v) is 16.5. The molecule has 2 amide bonds. The van der Waals surface area contributed by atoms with E-state index in [-0.39, 0.29) is 17.9 Å². The third-order valence-corrected chi connectivity index (χ3v) is 6.10. The molecule has 2 aliphatic carbocycles. The summed E-state index contributed by atoms with van der Waals surface area (Å²) in [7, 11) is 0. The second-order valence-electron chi connectivity index (χ2n) is 8.53. The molecule has 1 atom stereocenters. The van der Waals surface area contributed by atoms with Crippen molar-refractivity contribution in [1.82, 2.24) is 35.4 Å². The van der Waals surface area contributed by atoms with Gasteiger partial charge in [-0.15, -0.1) is 5.10 Å². The SMILES string of the molecule is O=C(NC1CC1)c1cn(CCC2CCCCN2C(=O)c2cc(C3CC3)[nH]n2)nn1. The van der Waals surface area contributed by atoms with Gasteiger partial charge in [0.15, 0.2) is 5.69 Å². The van der Waals surface area contributed by atoms with Crippen LogP contribution >= 0.6 is 0 Å². The number of aromatic amines is 1. The number of carbonyl (C=O) groups excluding carboxylic acids is 2. The molecule has 0 bridgehead atoms. The van der Waals surface area contributed by atoms with Gasteiger partial charge in [0.1, 0.15) is 5.69 Å². The Morgan fingerprint density at radius 2 is 2.00 bits per heavy atom. The zero-order chi connectivity index (χ0) is 19.8. The van der Waals surface area contributed by atoms with Crippen LogP contribution in [0.5, 0.6) is 0 Å². The molecule has 2 aromatic heterocycles. The molecule has 3 fully saturated rings. The van der Waals surface area contributed by atoms with Gasteiger partial charge in [0, 0.05) is 36.8 Å². The Labute approximate surface area is 169 Å². The van der Waals surface area contributed by atoms with Gasteiger partial charge in [0.25, 0.3) is 11.8 Å². The van der Waals surface area contributed by atoms with Crippen LogP contribution < -0.4 is 5.32 Å². The molecule has 1 unspecified atom stereocenters. The van der Waals surface area contributed by atoms with Gasteiger partial charge in [-0.25, -0.2) is 0 Å². The van der Waals surface area contributed by atoms with Crippen molar-refractivity contribution in [3.63, 3.8) is 0 Å². The summed E-state index contributed by atoms with van der Waals surface area (Å²) in [6.07, 6.45) is 10.1. The molecule has 0 spiro atoms. The molecular formula is C20H27N7O2. The maximum Gasteiger partial charge on any atom is 0.274 e. The van der Waals surface area contributed by atoms with Gasteiger partial charge in [-0.1, -0.05) is 5.21 Å². The van der Waals surface area contributed by atoms with E-state index in [1.54, 1.807) is 10.9 Å². The average molecular weight is 397 g/mol. The van der Waals surface area contributed by atoms with Crippen molar-refractivity contribution >= 4 is 11.8 Å². The Kier molecular flexibility index (Phi) is 4.81. The van der Waals surface area contributed by atoms with Crippen LogP contribution in [0.15, 0.2) is 12.3 Å². The van der Waals surface area contributed by atoms with E-state index in [1.165, 1.54) is 12.8 Å². The summed E-state index contributed by atoms with van der Waals surface area (Å²) in [5.74, 6) is 0.416. The summed E-state index contributed by atoms with van der Waals surface area (Å²) < 4.78 is 1.71. The number of carbonyl (C=O) groups is 2. The summed E-state index contributed by atoms with van der Waals surface area (Å²) in [5.41, 5.74) is 1.97. The van der Waals surface area contributed by atoms with Crippen molar-refractivity contribution in [2.45, 2.75) is 75.9 Å². The molecule has 2 saturated carbocycles. The van der Waals surface area contributed by atoms with Crippen LogP contribution in [0.25, 0.3) is 0 Å². The van der Waals surface area contributed by atoms with Crippen LogP contribution in [0, 0.1) is 0 Å². The zero-order valence-electron chi connectivity index (χ0n) is 16.5. The lowest BCUT2D eigenvalue weighted by Crippen LogP contribution is -2.44. The first-order valence-electron chi connectivity index (χ1n) is 10.7. The minimum Gasteiger partial charge on any atom is -0.348 e. The lowest BCUT2D eigenvalue weighted by molar-refractivity contribution is 0.0587. The monoisotopic (exact) mass is 397 g/mol. The maximum absolute atomic E-state index is 13.0. The van der Waals surface area contributed by atoms with E-state index in [0.29, 0.717) is 29.9 Å². The molecule has 2 aromatic rings. The highest BCUT2D eigenvalue weighted by Gasteiger charge is 2.31. The Balaban J connectivity index is 1.20. The quantitative estimate of drug-likeness (QED) is 0.741. The molecule has 29 heavy (non-hydrogen) atoms. The van der Waals surface area contributed by atoms with Crippen LogP contribution in [0.3, 0.4) is 0 Å². The van der Waals surface area contributed by atoms with E-state index in [0.717, 1.165) is 50.8 Å². The van der Waals surface area contributed by atoms with E-state index >= 15 is 0 Å². The van der Waals surface area contributed by atoms with Gasteiger partial charge in [-0.2, -0.15) is 5.10 Å². The molecule has 154 valence electrons. The van der Waals surface area contributed by atoms with Gasteiger partial charge in [-0.05, 0) is 57.4 Å². The van der Waals surface area contributed by atoms with Crippen molar-refractivity contribution in [2.24, 2.45) is 0 Å². The molecule has 3 heterocycles. The minimum absolute atomic E-state index is 0.0148. The lowest BCUT2D eigenvalue weighted by atomic mass is 9.98. The number of aryl methyl sites for hydroxylation is 1. The molecule has 0 radical (unpaired) electrons. The predicted molar refractivity (Wildman–Crippen MR) is 104 cm³/mol. The first-order valence-corrected chi connectivity index (χ1v) is 10.7. The fourth-order valence-electron chi connectivity index (χ4n) is 4.04. The van der Waals surface area contributed by atoms with Gasteiger partial charge in [0.2, 0.25) is 0 Å². The largest absolute Gasteiger partial charge is 0.348 e. The van der Waals surface area contributed by atoms with E-state index in [9.17, 15) is 9.59 Å². The van der Waals surface area contributed by atoms with Crippen molar-refractivity contribution in [3.8, 4) is 0 Å². The maximum atomic E-state index is 13.0. The Hall–Kier alpha value is -2.71. The van der Waals surface area contributed by atoms with Crippen LogP contribution in [-0.4, -0.2) is 60.5 Å². The molecule has 0 aromatic carbocycles. The highest BCUT2D eigenvalue weighted by atomic mass is 16.2. The van der Waals surface area contributed by atoms with Gasteiger partial charge in [0.05, 0.1) is 6.20 Å². The van der Waals surface area contributed by atoms with Gasteiger partial charge in [-0.3, -0.25) is 19.4 Å². The smallest absolute Gasteiger partial charge is 0.274 e. The highest BCUT2D eigenvalue weighted by molar-refractivity contribution is 5.93. The van der Waals surface area contributed by atoms with Gasteiger partial charge < -0.3 is 10.2 Å². The molecule has 9 nitrogen and oxygen atoms in total. The van der Waals surface area contributed by atoms with E-state index in [2.05, 4.69) is 25.8 Å². The summed E-state index contributed by atoms with van der Waals surface area (Å²) in [6.45, 7) is 1.40. The van der Waals surface area contributed by atoms with Crippen LogP contribution in [0.2, 0.25) is 0 Å². The predicted octanol–water partition coefficient (Wildman–Crippen LogP) is 1.86. The third-order valence-electron chi connectivity index (χ3n) is 6.10. The molecule has 9 heteroatoms. The Morgan fingerprint density at radius 3 is 2.79 bits per heavy atom. The number of nitrogens with zero attached hydrogens (tertiary/aromatic N) is 5. The van der Waals surface area contributed by atoms with Crippen molar-refractivity contribution in [3.05, 3.63) is 29.3 Å². The van der Waals surface area contributed by atoms with Crippen LogP contribution in [-0.2, 0) is 6.54 Å². The number of rotatable bonds is 7. The fraction of sp³-hybridized carbons (Fsp3) is 0.650. The molecule has 5 rings (SSSR count). The Morgan fingerprint density at radius 1 is 1.14 bits per heavy atom. The highest BCUT2D eigenvalue weighted by Crippen LogP contribution is 2.39. The average Bonchev–Trinajstić information content (AvgIpc) is 3.65. The summed E-state index contributed by atoms with van der Waals surface area (Å²) in [4.78, 5) is 27.1. The third kappa shape index (κ3) is 4.18. The number of hydrogen-bond donors (Lipinski definition) is 2. The standard InChI is InChI=1S/C20H27N7O2/c28-19(21-14-6-7-14)18-12-26(25-24-18)10-8-15-3-1-2-9-27(15)20(29)17-11-16(22-23-17)13-4-5-13/h11-15H,1-10H2,(H,21,28)(H,22,23).